The molecule has 342 valence electrons. The molecule has 0 aromatic heterocycles. The first-order valence-corrected chi connectivity index (χ1v) is 24.2. The van der Waals surface area contributed by atoms with Gasteiger partial charge in [-0.3, -0.25) is 19.2 Å². The van der Waals surface area contributed by atoms with Gasteiger partial charge < -0.3 is 23.8 Å². The summed E-state index contributed by atoms with van der Waals surface area (Å²) in [7, 11) is 0. The molecule has 60 heavy (non-hydrogen) atoms. The molecule has 1 saturated heterocycles. The summed E-state index contributed by atoms with van der Waals surface area (Å²) in [6.07, 6.45) is 19.4. The number of rotatable bonds is 29. The van der Waals surface area contributed by atoms with Crippen LogP contribution in [0.5, 0.6) is 11.5 Å². The predicted octanol–water partition coefficient (Wildman–Crippen LogP) is 12.1. The molecule has 0 saturated carbocycles. The van der Waals surface area contributed by atoms with Crippen LogP contribution in [0.4, 0.5) is 0 Å². The summed E-state index contributed by atoms with van der Waals surface area (Å²) in [5.74, 6) is 3.87. The van der Waals surface area contributed by atoms with E-state index in [1.54, 1.807) is 6.92 Å². The van der Waals surface area contributed by atoms with Crippen LogP contribution in [0.1, 0.15) is 206 Å². The van der Waals surface area contributed by atoms with Crippen molar-refractivity contribution in [3.05, 3.63) is 22.3 Å². The van der Waals surface area contributed by atoms with Crippen molar-refractivity contribution in [3.63, 3.8) is 0 Å². The molecule has 0 aliphatic carbocycles. The van der Waals surface area contributed by atoms with Crippen molar-refractivity contribution in [3.8, 4) is 11.5 Å². The van der Waals surface area contributed by atoms with Crippen molar-refractivity contribution >= 4 is 23.6 Å². The van der Waals surface area contributed by atoms with Crippen LogP contribution in [-0.2, 0) is 35.1 Å². The van der Waals surface area contributed by atoms with Crippen LogP contribution in [0.15, 0.2) is 0 Å². The number of hydrogen-bond acceptors (Lipinski definition) is 8. The van der Waals surface area contributed by atoms with Crippen molar-refractivity contribution in [2.45, 2.75) is 228 Å². The van der Waals surface area contributed by atoms with Gasteiger partial charge in [0.05, 0.1) is 13.0 Å². The first-order valence-electron chi connectivity index (χ1n) is 24.2. The highest BCUT2D eigenvalue weighted by atomic mass is 16.6. The van der Waals surface area contributed by atoms with Gasteiger partial charge in [-0.25, -0.2) is 0 Å². The smallest absolute Gasteiger partial charge is 0.306 e. The van der Waals surface area contributed by atoms with E-state index in [9.17, 15) is 19.2 Å². The van der Waals surface area contributed by atoms with Gasteiger partial charge in [-0.15, -0.1) is 0 Å². The van der Waals surface area contributed by atoms with Gasteiger partial charge in [0.25, 0.3) is 0 Å². The van der Waals surface area contributed by atoms with Gasteiger partial charge in [0.2, 0.25) is 5.91 Å². The lowest BCUT2D eigenvalue weighted by Gasteiger charge is -2.38. The van der Waals surface area contributed by atoms with Crippen molar-refractivity contribution in [1.29, 1.82) is 0 Å². The molecule has 1 fully saturated rings. The Bertz CT molecular complexity index is 1500. The van der Waals surface area contributed by atoms with Gasteiger partial charge in [-0.05, 0) is 107 Å². The number of hydrogen-bond donors (Lipinski definition) is 0. The van der Waals surface area contributed by atoms with Gasteiger partial charge in [0.15, 0.2) is 0 Å². The monoisotopic (exact) mass is 840 g/mol. The number of likely N-dealkylation sites (tertiary alicyclic amines) is 1. The topological polar surface area (TPSA) is 108 Å². The van der Waals surface area contributed by atoms with Gasteiger partial charge in [0, 0.05) is 43.7 Å². The van der Waals surface area contributed by atoms with Crippen molar-refractivity contribution in [1.82, 2.24) is 4.90 Å². The minimum atomic E-state index is -0.367. The van der Waals surface area contributed by atoms with Gasteiger partial charge in [-0.2, -0.15) is 0 Å². The summed E-state index contributed by atoms with van der Waals surface area (Å²) in [6.45, 7) is 22.9. The van der Waals surface area contributed by atoms with E-state index < -0.39 is 0 Å². The number of benzene rings is 1. The van der Waals surface area contributed by atoms with Crippen LogP contribution >= 0.6 is 0 Å². The molecular formula is C51H85NO8. The molecule has 0 radical (unpaired) electrons. The van der Waals surface area contributed by atoms with Crippen LogP contribution in [0, 0.1) is 38.5 Å². The Morgan fingerprint density at radius 3 is 2.05 bits per heavy atom. The van der Waals surface area contributed by atoms with Crippen molar-refractivity contribution in [2.24, 2.45) is 17.8 Å². The van der Waals surface area contributed by atoms with E-state index >= 15 is 0 Å². The third-order valence-corrected chi connectivity index (χ3v) is 13.4. The maximum Gasteiger partial charge on any atom is 0.306 e. The quantitative estimate of drug-likeness (QED) is 0.0580. The number of ether oxygens (including phenoxy) is 4. The SMILES string of the molecule is CCC(=O)CCC(=O)O[C@@H]1C[C@@H](CC)N(C(=O)CCCCCCC(=O)OCCOc2c(C)c(C)c3c(c2C)CC[C@@](C)(CCC[C@H](C)CCC[C@H](C)CCCC(C)C)O3)C1. The molecule has 1 aromatic rings. The van der Waals surface area contributed by atoms with E-state index in [2.05, 4.69) is 55.4 Å². The zero-order valence-corrected chi connectivity index (χ0v) is 39.8. The summed E-state index contributed by atoms with van der Waals surface area (Å²) >= 11 is 0. The third kappa shape index (κ3) is 17.3. The van der Waals surface area contributed by atoms with E-state index in [-0.39, 0.29) is 60.8 Å². The van der Waals surface area contributed by atoms with Crippen LogP contribution in [0.25, 0.3) is 0 Å². The molecule has 0 unspecified atom stereocenters. The number of amides is 1. The Hall–Kier alpha value is -3.10. The number of carbonyl (C=O) groups excluding carboxylic acids is 4. The summed E-state index contributed by atoms with van der Waals surface area (Å²) in [6, 6.07) is 0.0626. The molecule has 9 nitrogen and oxygen atoms in total. The second-order valence-corrected chi connectivity index (χ2v) is 19.3. The van der Waals surface area contributed by atoms with Crippen LogP contribution < -0.4 is 9.47 Å². The molecule has 2 aliphatic rings. The maximum atomic E-state index is 13.0. The second kappa shape index (κ2) is 26.4. The second-order valence-electron chi connectivity index (χ2n) is 19.3. The van der Waals surface area contributed by atoms with E-state index in [0.717, 1.165) is 90.9 Å². The fraction of sp³-hybridized carbons (Fsp3) is 0.804. The predicted molar refractivity (Wildman–Crippen MR) is 242 cm³/mol. The number of carbonyl (C=O) groups is 4. The summed E-state index contributed by atoms with van der Waals surface area (Å²) in [4.78, 5) is 51.1. The standard InChI is InChI=1S/C51H85NO8/c1-11-42-34-44(59-48(56)28-27-43(53)12-2)35-52(42)46(54)25-15-13-14-16-26-47(55)57-32-33-58-49-39(7)40(8)50-45(41(49)9)29-31-51(10,60-50)30-19-24-38(6)23-18-22-37(5)21-17-20-36(3)4/h36-38,42,44H,11-35H2,1-10H3/t37-,38-,42-,44-,51-/m1/s1. The van der Waals surface area contributed by atoms with Crippen molar-refractivity contribution in [2.75, 3.05) is 19.8 Å². The zero-order chi connectivity index (χ0) is 44.2. The highest BCUT2D eigenvalue weighted by molar-refractivity contribution is 5.82. The molecule has 1 aromatic carbocycles. The Morgan fingerprint density at radius 2 is 1.40 bits per heavy atom. The minimum Gasteiger partial charge on any atom is -0.489 e. The van der Waals surface area contributed by atoms with E-state index in [1.165, 1.54) is 56.9 Å². The van der Waals surface area contributed by atoms with E-state index in [0.29, 0.717) is 45.3 Å². The van der Waals surface area contributed by atoms with Crippen LogP contribution in [-0.4, -0.2) is 66.0 Å². The first kappa shape index (κ1) is 51.3. The number of unbranched alkanes of at least 4 members (excludes halogenated alkanes) is 3. The molecule has 2 heterocycles. The Balaban J connectivity index is 1.31. The summed E-state index contributed by atoms with van der Waals surface area (Å²) in [5.41, 5.74) is 4.44. The molecule has 2 aliphatic heterocycles. The molecule has 0 bridgehead atoms. The van der Waals surface area contributed by atoms with E-state index in [4.69, 9.17) is 18.9 Å². The molecule has 0 spiro atoms. The van der Waals surface area contributed by atoms with Crippen LogP contribution in [0.2, 0.25) is 0 Å². The minimum absolute atomic E-state index is 0.0486. The molecule has 5 atom stereocenters. The molecule has 1 amide bonds. The fourth-order valence-electron chi connectivity index (χ4n) is 9.21. The first-order chi connectivity index (χ1) is 28.6. The number of fused-ring (bicyclic) bond motifs is 1. The number of esters is 2. The lowest BCUT2D eigenvalue weighted by atomic mass is 9.83. The Morgan fingerprint density at radius 1 is 0.750 bits per heavy atom. The molecule has 9 heteroatoms. The lowest BCUT2D eigenvalue weighted by Crippen LogP contribution is -2.37. The normalized spacial score (nSPS) is 19.8. The summed E-state index contributed by atoms with van der Waals surface area (Å²) < 4.78 is 24.2. The maximum absolute atomic E-state index is 13.0. The fourth-order valence-corrected chi connectivity index (χ4v) is 9.21. The average Bonchev–Trinajstić information content (AvgIpc) is 3.62. The van der Waals surface area contributed by atoms with Gasteiger partial charge in [0.1, 0.15) is 42.2 Å². The molecule has 3 rings (SSSR count). The third-order valence-electron chi connectivity index (χ3n) is 13.4. The molecular weight excluding hydrogens is 755 g/mol. The van der Waals surface area contributed by atoms with Gasteiger partial charge >= 0.3 is 11.9 Å². The highest BCUT2D eigenvalue weighted by Gasteiger charge is 2.36. The number of Topliss-reactive ketones (excluding diaryl/α,β-unsaturated/α-hetero) is 1. The summed E-state index contributed by atoms with van der Waals surface area (Å²) in [5, 5.41) is 0. The average molecular weight is 840 g/mol. The van der Waals surface area contributed by atoms with Gasteiger partial charge in [-0.1, -0.05) is 99.3 Å². The number of ketones is 1. The molecule has 0 N–H and O–H groups in total. The van der Waals surface area contributed by atoms with Crippen molar-refractivity contribution < 1.29 is 38.1 Å². The largest absolute Gasteiger partial charge is 0.489 e. The highest BCUT2D eigenvalue weighted by Crippen LogP contribution is 2.45. The Kier molecular flexibility index (Phi) is 22.5. The lowest BCUT2D eigenvalue weighted by molar-refractivity contribution is -0.150. The van der Waals surface area contributed by atoms with E-state index in [1.807, 2.05) is 11.8 Å². The number of nitrogens with zero attached hydrogens (tertiary/aromatic N) is 1. The zero-order valence-electron chi connectivity index (χ0n) is 39.8. The van der Waals surface area contributed by atoms with Crippen LogP contribution in [0.3, 0.4) is 0 Å². The Labute approximate surface area is 365 Å².